The average Bonchev–Trinajstić information content (AvgIpc) is 2.35. The van der Waals surface area contributed by atoms with Crippen molar-refractivity contribution in [1.29, 1.82) is 0 Å². The molecule has 1 aromatic carbocycles. The molecule has 0 bridgehead atoms. The minimum absolute atomic E-state index is 0.0285. The summed E-state index contributed by atoms with van der Waals surface area (Å²) in [6.07, 6.45) is 0. The van der Waals surface area contributed by atoms with Gasteiger partial charge in [0.15, 0.2) is 17.3 Å². The van der Waals surface area contributed by atoms with E-state index in [0.717, 1.165) is 0 Å². The molecule has 1 aromatic rings. The fourth-order valence-electron chi connectivity index (χ4n) is 1.29. The number of nitrogens with two attached hydrogens (primary N) is 1. The summed E-state index contributed by atoms with van der Waals surface area (Å²) >= 11 is 0. The van der Waals surface area contributed by atoms with Crippen molar-refractivity contribution in [3.8, 4) is 17.2 Å². The summed E-state index contributed by atoms with van der Waals surface area (Å²) in [4.78, 5) is 0. The Morgan fingerprint density at radius 3 is 1.94 bits per heavy atom. The molecule has 0 aliphatic heterocycles. The van der Waals surface area contributed by atoms with Crippen LogP contribution in [0.15, 0.2) is 17.3 Å². The van der Waals surface area contributed by atoms with E-state index in [9.17, 15) is 0 Å². The molecular weight excluding hydrogens is 212 g/mol. The Morgan fingerprint density at radius 1 is 1.12 bits per heavy atom. The molecule has 16 heavy (non-hydrogen) atoms. The molecule has 0 radical (unpaired) electrons. The van der Waals surface area contributed by atoms with Gasteiger partial charge in [-0.3, -0.25) is 0 Å². The van der Waals surface area contributed by atoms with E-state index in [1.165, 1.54) is 21.3 Å². The maximum atomic E-state index is 8.59. The van der Waals surface area contributed by atoms with Crippen molar-refractivity contribution in [1.82, 2.24) is 0 Å². The predicted molar refractivity (Wildman–Crippen MR) is 58.6 cm³/mol. The topological polar surface area (TPSA) is 86.3 Å². The normalized spacial score (nSPS) is 11.1. The molecule has 0 saturated heterocycles. The van der Waals surface area contributed by atoms with Crippen LogP contribution in [0.2, 0.25) is 0 Å². The fourth-order valence-corrected chi connectivity index (χ4v) is 1.29. The lowest BCUT2D eigenvalue weighted by atomic mass is 10.1. The van der Waals surface area contributed by atoms with Gasteiger partial charge >= 0.3 is 0 Å². The second-order valence-electron chi connectivity index (χ2n) is 2.90. The largest absolute Gasteiger partial charge is 0.493 e. The zero-order valence-electron chi connectivity index (χ0n) is 9.35. The molecule has 0 amide bonds. The van der Waals surface area contributed by atoms with E-state index in [4.69, 9.17) is 25.2 Å². The summed E-state index contributed by atoms with van der Waals surface area (Å²) in [6.45, 7) is 0. The van der Waals surface area contributed by atoms with Crippen LogP contribution in [0.3, 0.4) is 0 Å². The number of methoxy groups -OCH3 is 3. The molecule has 0 aromatic heterocycles. The highest BCUT2D eigenvalue weighted by atomic mass is 16.5. The maximum absolute atomic E-state index is 8.59. The number of hydrogen-bond donors (Lipinski definition) is 2. The van der Waals surface area contributed by atoms with Gasteiger partial charge in [-0.15, -0.1) is 0 Å². The van der Waals surface area contributed by atoms with E-state index < -0.39 is 0 Å². The highest BCUT2D eigenvalue weighted by Crippen LogP contribution is 2.37. The van der Waals surface area contributed by atoms with Crippen LogP contribution in [0, 0.1) is 0 Å². The van der Waals surface area contributed by atoms with Crippen molar-refractivity contribution < 1.29 is 19.4 Å². The number of amidine groups is 1. The molecule has 3 N–H and O–H groups in total. The Kier molecular flexibility index (Phi) is 3.82. The molecule has 0 unspecified atom stereocenters. The molecule has 6 nitrogen and oxygen atoms in total. The van der Waals surface area contributed by atoms with Gasteiger partial charge in [0.2, 0.25) is 5.75 Å². The van der Waals surface area contributed by atoms with Crippen molar-refractivity contribution >= 4 is 5.84 Å². The Labute approximate surface area is 93.2 Å². The van der Waals surface area contributed by atoms with Gasteiger partial charge in [-0.25, -0.2) is 0 Å². The van der Waals surface area contributed by atoms with Crippen LogP contribution in [0.25, 0.3) is 0 Å². The minimum atomic E-state index is -0.0285. The van der Waals surface area contributed by atoms with Crippen molar-refractivity contribution in [3.63, 3.8) is 0 Å². The van der Waals surface area contributed by atoms with Gasteiger partial charge < -0.3 is 25.2 Å². The molecule has 0 aliphatic rings. The van der Waals surface area contributed by atoms with E-state index in [1.54, 1.807) is 12.1 Å². The Hall–Kier alpha value is -2.11. The van der Waals surface area contributed by atoms with Crippen molar-refractivity contribution in [3.05, 3.63) is 17.7 Å². The van der Waals surface area contributed by atoms with Crippen molar-refractivity contribution in [2.24, 2.45) is 10.9 Å². The first-order valence-electron chi connectivity index (χ1n) is 4.45. The lowest BCUT2D eigenvalue weighted by molar-refractivity contribution is 0.317. The van der Waals surface area contributed by atoms with Crippen molar-refractivity contribution in [2.45, 2.75) is 0 Å². The Bertz CT molecular complexity index is 379. The minimum Gasteiger partial charge on any atom is -0.493 e. The summed E-state index contributed by atoms with van der Waals surface area (Å²) in [7, 11) is 4.49. The first kappa shape index (κ1) is 12.0. The van der Waals surface area contributed by atoms with E-state index in [2.05, 4.69) is 5.16 Å². The Balaban J connectivity index is 3.37. The zero-order valence-corrected chi connectivity index (χ0v) is 9.35. The molecule has 1 rings (SSSR count). The summed E-state index contributed by atoms with van der Waals surface area (Å²) in [5.74, 6) is 1.32. The van der Waals surface area contributed by atoms with Gasteiger partial charge in [0.25, 0.3) is 0 Å². The van der Waals surface area contributed by atoms with Crippen LogP contribution in [-0.4, -0.2) is 32.4 Å². The average molecular weight is 226 g/mol. The van der Waals surface area contributed by atoms with Gasteiger partial charge in [-0.2, -0.15) is 0 Å². The van der Waals surface area contributed by atoms with Crippen LogP contribution in [-0.2, 0) is 0 Å². The smallest absolute Gasteiger partial charge is 0.203 e. The van der Waals surface area contributed by atoms with E-state index >= 15 is 0 Å². The Morgan fingerprint density at radius 2 is 1.62 bits per heavy atom. The lowest BCUT2D eigenvalue weighted by Gasteiger charge is -2.13. The lowest BCUT2D eigenvalue weighted by Crippen LogP contribution is -2.13. The summed E-state index contributed by atoms with van der Waals surface area (Å²) < 4.78 is 15.4. The molecular formula is C10H14N2O4. The third-order valence-electron chi connectivity index (χ3n) is 2.07. The van der Waals surface area contributed by atoms with E-state index in [-0.39, 0.29) is 5.84 Å². The quantitative estimate of drug-likeness (QED) is 0.343. The van der Waals surface area contributed by atoms with Crippen LogP contribution >= 0.6 is 0 Å². The second kappa shape index (κ2) is 5.11. The summed E-state index contributed by atoms with van der Waals surface area (Å²) in [5, 5.41) is 11.5. The number of ether oxygens (including phenoxy) is 3. The standard InChI is InChI=1S/C10H14N2O4/c1-14-7-4-6(10(11)12-13)5-8(15-2)9(7)16-3/h4-5,13H,1-3H3,(H2,11,12). The number of benzene rings is 1. The number of hydrogen-bond acceptors (Lipinski definition) is 5. The summed E-state index contributed by atoms with van der Waals surface area (Å²) in [6, 6.07) is 3.19. The third kappa shape index (κ3) is 2.10. The number of nitrogens with zero attached hydrogens (tertiary/aromatic N) is 1. The summed E-state index contributed by atoms with van der Waals surface area (Å²) in [5.41, 5.74) is 5.96. The molecule has 0 aliphatic carbocycles. The second-order valence-corrected chi connectivity index (χ2v) is 2.90. The SMILES string of the molecule is COc1cc(/C(N)=N\O)cc(OC)c1OC. The number of rotatable bonds is 4. The molecule has 0 atom stereocenters. The first-order valence-corrected chi connectivity index (χ1v) is 4.45. The van der Waals surface area contributed by atoms with E-state index in [1.807, 2.05) is 0 Å². The monoisotopic (exact) mass is 226 g/mol. The fraction of sp³-hybridized carbons (Fsp3) is 0.300. The van der Waals surface area contributed by atoms with Gasteiger partial charge in [-0.1, -0.05) is 5.16 Å². The maximum Gasteiger partial charge on any atom is 0.203 e. The van der Waals surface area contributed by atoms with Gasteiger partial charge in [0.1, 0.15) is 0 Å². The highest BCUT2D eigenvalue weighted by Gasteiger charge is 2.14. The number of oxime groups is 1. The van der Waals surface area contributed by atoms with Gasteiger partial charge in [-0.05, 0) is 12.1 Å². The van der Waals surface area contributed by atoms with Crippen LogP contribution < -0.4 is 19.9 Å². The molecule has 6 heteroatoms. The van der Waals surface area contributed by atoms with E-state index in [0.29, 0.717) is 22.8 Å². The molecule has 88 valence electrons. The van der Waals surface area contributed by atoms with Gasteiger partial charge in [0, 0.05) is 5.56 Å². The zero-order chi connectivity index (χ0) is 12.1. The molecule has 0 heterocycles. The molecule has 0 saturated carbocycles. The van der Waals surface area contributed by atoms with Gasteiger partial charge in [0.05, 0.1) is 21.3 Å². The first-order chi connectivity index (χ1) is 7.67. The predicted octanol–water partition coefficient (Wildman–Crippen LogP) is 0.807. The van der Waals surface area contributed by atoms with Crippen LogP contribution in [0.4, 0.5) is 0 Å². The van der Waals surface area contributed by atoms with Crippen molar-refractivity contribution in [2.75, 3.05) is 21.3 Å². The van der Waals surface area contributed by atoms with Crippen LogP contribution in [0.1, 0.15) is 5.56 Å². The van der Waals surface area contributed by atoms with Crippen LogP contribution in [0.5, 0.6) is 17.2 Å². The highest BCUT2D eigenvalue weighted by molar-refractivity contribution is 5.98. The molecule has 0 fully saturated rings. The molecule has 0 spiro atoms. The third-order valence-corrected chi connectivity index (χ3v) is 2.07.